The van der Waals surface area contributed by atoms with Crippen LogP contribution in [0, 0.1) is 5.82 Å². The maximum Gasteiger partial charge on any atom is 0.345 e. The van der Waals surface area contributed by atoms with Crippen molar-refractivity contribution in [3.8, 4) is 11.3 Å². The number of aromatic amines is 1. The van der Waals surface area contributed by atoms with Crippen molar-refractivity contribution >= 4 is 10.9 Å². The lowest BCUT2D eigenvalue weighted by atomic mass is 10.1. The van der Waals surface area contributed by atoms with Crippen molar-refractivity contribution in [2.75, 3.05) is 0 Å². The van der Waals surface area contributed by atoms with Crippen molar-refractivity contribution in [2.45, 2.75) is 0 Å². The maximum atomic E-state index is 13.2. The Morgan fingerprint density at radius 2 is 1.89 bits per heavy atom. The molecular weight excluding hydrogens is 231 g/mol. The molecule has 0 fully saturated rings. The van der Waals surface area contributed by atoms with E-state index in [2.05, 4.69) is 9.97 Å². The smallest absolute Gasteiger partial charge is 0.305 e. The predicted molar refractivity (Wildman–Crippen MR) is 67.8 cm³/mol. The highest BCUT2D eigenvalue weighted by molar-refractivity contribution is 5.91. The lowest BCUT2D eigenvalue weighted by Crippen LogP contribution is -2.11. The van der Waals surface area contributed by atoms with Crippen LogP contribution >= 0.6 is 0 Å². The van der Waals surface area contributed by atoms with Gasteiger partial charge in [-0.1, -0.05) is 30.3 Å². The van der Waals surface area contributed by atoms with Crippen molar-refractivity contribution < 1.29 is 4.39 Å². The lowest BCUT2D eigenvalue weighted by Gasteiger charge is -2.05. The topological polar surface area (TPSA) is 45.8 Å². The van der Waals surface area contributed by atoms with Crippen LogP contribution in [0.25, 0.3) is 22.2 Å². The van der Waals surface area contributed by atoms with Crippen LogP contribution in [0.15, 0.2) is 53.3 Å². The molecule has 0 aliphatic carbocycles. The molecule has 18 heavy (non-hydrogen) atoms. The van der Waals surface area contributed by atoms with Crippen LogP contribution in [-0.2, 0) is 0 Å². The zero-order chi connectivity index (χ0) is 12.5. The first kappa shape index (κ1) is 10.7. The van der Waals surface area contributed by atoms with Crippen LogP contribution in [-0.4, -0.2) is 9.97 Å². The molecule has 0 unspecified atom stereocenters. The molecule has 2 aromatic carbocycles. The van der Waals surface area contributed by atoms with E-state index in [0.29, 0.717) is 16.8 Å². The second-order valence-corrected chi connectivity index (χ2v) is 3.95. The van der Waals surface area contributed by atoms with Gasteiger partial charge in [0, 0.05) is 10.9 Å². The summed E-state index contributed by atoms with van der Waals surface area (Å²) in [6, 6.07) is 13.4. The van der Waals surface area contributed by atoms with Gasteiger partial charge >= 0.3 is 5.69 Å². The van der Waals surface area contributed by atoms with Crippen LogP contribution in [0.2, 0.25) is 0 Å². The molecule has 0 spiro atoms. The number of hydrogen-bond acceptors (Lipinski definition) is 2. The summed E-state index contributed by atoms with van der Waals surface area (Å²) < 4.78 is 13.2. The molecule has 0 saturated heterocycles. The number of hydrogen-bond donors (Lipinski definition) is 1. The number of H-pyrrole nitrogens is 1. The van der Waals surface area contributed by atoms with Gasteiger partial charge in [-0.25, -0.2) is 9.18 Å². The number of nitrogens with one attached hydrogen (secondary N) is 1. The summed E-state index contributed by atoms with van der Waals surface area (Å²) in [6.45, 7) is 0. The molecule has 1 aromatic heterocycles. The van der Waals surface area contributed by atoms with Gasteiger partial charge in [0.05, 0.1) is 11.2 Å². The van der Waals surface area contributed by atoms with Gasteiger partial charge in [-0.15, -0.1) is 0 Å². The SMILES string of the molecule is O=c1nc(-c2cccc(F)c2)c2ccccc2[nH]1. The summed E-state index contributed by atoms with van der Waals surface area (Å²) in [6.07, 6.45) is 0. The van der Waals surface area contributed by atoms with E-state index in [9.17, 15) is 9.18 Å². The summed E-state index contributed by atoms with van der Waals surface area (Å²) in [5, 5.41) is 0.794. The van der Waals surface area contributed by atoms with E-state index >= 15 is 0 Å². The molecule has 0 atom stereocenters. The number of halogens is 1. The second-order valence-electron chi connectivity index (χ2n) is 3.95. The third kappa shape index (κ3) is 1.78. The summed E-state index contributed by atoms with van der Waals surface area (Å²) in [7, 11) is 0. The highest BCUT2D eigenvalue weighted by atomic mass is 19.1. The standard InChI is InChI=1S/C14H9FN2O/c15-10-5-3-4-9(8-10)13-11-6-1-2-7-12(11)16-14(18)17-13/h1-8H,(H,16,17,18). The van der Waals surface area contributed by atoms with Crippen LogP contribution in [0.5, 0.6) is 0 Å². The Morgan fingerprint density at radius 1 is 1.06 bits per heavy atom. The Morgan fingerprint density at radius 3 is 2.72 bits per heavy atom. The van der Waals surface area contributed by atoms with Gasteiger partial charge in [-0.3, -0.25) is 0 Å². The minimum absolute atomic E-state index is 0.348. The van der Waals surface area contributed by atoms with Crippen molar-refractivity contribution in [3.63, 3.8) is 0 Å². The van der Waals surface area contributed by atoms with Crippen LogP contribution in [0.3, 0.4) is 0 Å². The van der Waals surface area contributed by atoms with E-state index in [0.717, 1.165) is 5.39 Å². The summed E-state index contributed by atoms with van der Waals surface area (Å²) >= 11 is 0. The molecule has 88 valence electrons. The highest BCUT2D eigenvalue weighted by Crippen LogP contribution is 2.24. The second kappa shape index (κ2) is 4.07. The number of fused-ring (bicyclic) bond motifs is 1. The Hall–Kier alpha value is -2.49. The Kier molecular flexibility index (Phi) is 2.41. The first-order valence-corrected chi connectivity index (χ1v) is 5.49. The number of rotatable bonds is 1. The molecule has 0 aliphatic heterocycles. The zero-order valence-corrected chi connectivity index (χ0v) is 9.35. The van der Waals surface area contributed by atoms with Crippen molar-refractivity contribution in [1.82, 2.24) is 9.97 Å². The number of aromatic nitrogens is 2. The summed E-state index contributed by atoms with van der Waals surface area (Å²) in [5.74, 6) is -0.348. The minimum atomic E-state index is -0.437. The normalized spacial score (nSPS) is 10.7. The molecule has 0 amide bonds. The maximum absolute atomic E-state index is 13.2. The van der Waals surface area contributed by atoms with Gasteiger partial charge in [0.25, 0.3) is 0 Å². The summed E-state index contributed by atoms with van der Waals surface area (Å²) in [4.78, 5) is 18.1. The molecule has 0 aliphatic rings. The summed E-state index contributed by atoms with van der Waals surface area (Å²) in [5.41, 5.74) is 1.34. The van der Waals surface area contributed by atoms with E-state index in [4.69, 9.17) is 0 Å². The molecule has 3 aromatic rings. The van der Waals surface area contributed by atoms with Crippen LogP contribution in [0.1, 0.15) is 0 Å². The molecule has 0 saturated carbocycles. The third-order valence-electron chi connectivity index (χ3n) is 2.74. The Balaban J connectivity index is 2.38. The molecular formula is C14H9FN2O. The molecule has 4 heteroatoms. The van der Waals surface area contributed by atoms with Gasteiger partial charge in [0.2, 0.25) is 0 Å². The largest absolute Gasteiger partial charge is 0.345 e. The van der Waals surface area contributed by atoms with Gasteiger partial charge in [0.15, 0.2) is 0 Å². The zero-order valence-electron chi connectivity index (χ0n) is 9.35. The molecule has 0 bridgehead atoms. The van der Waals surface area contributed by atoms with Crippen molar-refractivity contribution in [1.29, 1.82) is 0 Å². The predicted octanol–water partition coefficient (Wildman–Crippen LogP) is 2.73. The van der Waals surface area contributed by atoms with Gasteiger partial charge in [-0.2, -0.15) is 4.98 Å². The average Bonchev–Trinajstić information content (AvgIpc) is 2.37. The number of benzene rings is 2. The first-order chi connectivity index (χ1) is 8.74. The fourth-order valence-corrected chi connectivity index (χ4v) is 1.96. The van der Waals surface area contributed by atoms with Crippen molar-refractivity contribution in [3.05, 3.63) is 64.8 Å². The van der Waals surface area contributed by atoms with E-state index in [1.807, 2.05) is 18.2 Å². The minimum Gasteiger partial charge on any atom is -0.305 e. The van der Waals surface area contributed by atoms with Gasteiger partial charge in [0.1, 0.15) is 5.82 Å². The van der Waals surface area contributed by atoms with Crippen LogP contribution in [0.4, 0.5) is 4.39 Å². The average molecular weight is 240 g/mol. The van der Waals surface area contributed by atoms with Crippen LogP contribution < -0.4 is 5.69 Å². The Labute approximate surface area is 102 Å². The quantitative estimate of drug-likeness (QED) is 0.710. The lowest BCUT2D eigenvalue weighted by molar-refractivity contribution is 0.628. The van der Waals surface area contributed by atoms with E-state index in [1.54, 1.807) is 18.2 Å². The highest BCUT2D eigenvalue weighted by Gasteiger charge is 2.07. The molecule has 1 heterocycles. The molecule has 0 radical (unpaired) electrons. The first-order valence-electron chi connectivity index (χ1n) is 5.49. The fourth-order valence-electron chi connectivity index (χ4n) is 1.96. The van der Waals surface area contributed by atoms with Gasteiger partial charge in [-0.05, 0) is 18.2 Å². The van der Waals surface area contributed by atoms with E-state index in [-0.39, 0.29) is 5.82 Å². The van der Waals surface area contributed by atoms with E-state index < -0.39 is 5.69 Å². The Bertz CT molecular complexity index is 780. The fraction of sp³-hybridized carbons (Fsp3) is 0. The van der Waals surface area contributed by atoms with Crippen molar-refractivity contribution in [2.24, 2.45) is 0 Å². The molecule has 3 rings (SSSR count). The number of nitrogens with zero attached hydrogens (tertiary/aromatic N) is 1. The number of para-hydroxylation sites is 1. The molecule has 3 nitrogen and oxygen atoms in total. The third-order valence-corrected chi connectivity index (χ3v) is 2.74. The molecule has 1 N–H and O–H groups in total. The van der Waals surface area contributed by atoms with Gasteiger partial charge < -0.3 is 4.98 Å². The van der Waals surface area contributed by atoms with E-state index in [1.165, 1.54) is 12.1 Å². The monoisotopic (exact) mass is 240 g/mol.